The minimum absolute atomic E-state index is 0.0226. The number of aromatic nitrogens is 2. The fourth-order valence-corrected chi connectivity index (χ4v) is 2.41. The number of hydrogen-bond acceptors (Lipinski definition) is 3. The zero-order valence-corrected chi connectivity index (χ0v) is 9.57. The van der Waals surface area contributed by atoms with Gasteiger partial charge in [0.15, 0.2) is 0 Å². The van der Waals surface area contributed by atoms with Crippen LogP contribution in [0, 0.1) is 5.82 Å². The summed E-state index contributed by atoms with van der Waals surface area (Å²) < 4.78 is 13.5. The molecule has 1 N–H and O–H groups in total. The number of hydrogen-bond donors (Lipinski definition) is 1. The third-order valence-corrected chi connectivity index (χ3v) is 3.33. The van der Waals surface area contributed by atoms with Crippen LogP contribution < -0.4 is 5.56 Å². The quantitative estimate of drug-likeness (QED) is 0.835. The first kappa shape index (κ1) is 11.1. The molecule has 0 saturated heterocycles. The topological polar surface area (TPSA) is 62.8 Å². The Bertz CT molecular complexity index is 693. The van der Waals surface area contributed by atoms with Gasteiger partial charge in [-0.05, 0) is 18.6 Å². The zero-order valence-electron chi connectivity index (χ0n) is 9.57. The first-order valence-corrected chi connectivity index (χ1v) is 5.85. The van der Waals surface area contributed by atoms with Crippen LogP contribution in [0.3, 0.4) is 0 Å². The van der Waals surface area contributed by atoms with Gasteiger partial charge in [-0.3, -0.25) is 9.59 Å². The molecule has 2 aromatic rings. The molecule has 0 bridgehead atoms. The smallest absolute Gasteiger partial charge is 0.261 e. The molecule has 0 radical (unpaired) electrons. The molecule has 0 aliphatic heterocycles. The molecule has 92 valence electrons. The first-order chi connectivity index (χ1) is 8.65. The molecule has 1 aliphatic rings. The lowest BCUT2D eigenvalue weighted by Gasteiger charge is -2.08. The summed E-state index contributed by atoms with van der Waals surface area (Å²) in [5.41, 5.74) is -0.138. The van der Waals surface area contributed by atoms with E-state index >= 15 is 0 Å². The van der Waals surface area contributed by atoms with Crippen molar-refractivity contribution in [2.75, 3.05) is 0 Å². The number of nitrogens with zero attached hydrogens (tertiary/aromatic N) is 1. The fourth-order valence-electron chi connectivity index (χ4n) is 2.41. The summed E-state index contributed by atoms with van der Waals surface area (Å²) in [5, 5.41) is -0.0226. The van der Waals surface area contributed by atoms with E-state index in [0.717, 1.165) is 0 Å². The van der Waals surface area contributed by atoms with Gasteiger partial charge < -0.3 is 4.98 Å². The Morgan fingerprint density at radius 2 is 2.17 bits per heavy atom. The highest BCUT2D eigenvalue weighted by molar-refractivity contribution is 5.82. The third kappa shape index (κ3) is 1.72. The van der Waals surface area contributed by atoms with E-state index in [9.17, 15) is 14.0 Å². The second-order valence-electron chi connectivity index (χ2n) is 4.56. The summed E-state index contributed by atoms with van der Waals surface area (Å²) in [6, 6.07) is 4.36. The summed E-state index contributed by atoms with van der Waals surface area (Å²) in [4.78, 5) is 29.9. The number of fused-ring (bicyclic) bond motifs is 1. The zero-order chi connectivity index (χ0) is 12.7. The molecule has 1 heterocycles. The van der Waals surface area contributed by atoms with Crippen molar-refractivity contribution in [3.63, 3.8) is 0 Å². The van der Waals surface area contributed by atoms with E-state index in [2.05, 4.69) is 9.97 Å². The van der Waals surface area contributed by atoms with Crippen molar-refractivity contribution in [2.24, 2.45) is 0 Å². The maximum Gasteiger partial charge on any atom is 0.261 e. The van der Waals surface area contributed by atoms with E-state index < -0.39 is 11.4 Å². The summed E-state index contributed by atoms with van der Waals surface area (Å²) >= 11 is 0. The van der Waals surface area contributed by atoms with Crippen molar-refractivity contribution in [1.29, 1.82) is 0 Å². The van der Waals surface area contributed by atoms with Crippen molar-refractivity contribution in [2.45, 2.75) is 25.2 Å². The number of carbonyl (C=O) groups is 1. The number of aromatic amines is 1. The van der Waals surface area contributed by atoms with Crippen LogP contribution in [0.4, 0.5) is 4.39 Å². The van der Waals surface area contributed by atoms with Gasteiger partial charge in [0.05, 0.1) is 5.52 Å². The van der Waals surface area contributed by atoms with Crippen LogP contribution in [0.1, 0.15) is 31.0 Å². The SMILES string of the molecule is O=C1CCC(c2nc3cccc(F)c3c(=O)[nH]2)C1. The van der Waals surface area contributed by atoms with Gasteiger partial charge in [-0.15, -0.1) is 0 Å². The van der Waals surface area contributed by atoms with Crippen LogP contribution >= 0.6 is 0 Å². The standard InChI is InChI=1S/C13H11FN2O2/c14-9-2-1-3-10-11(9)13(18)16-12(15-10)7-4-5-8(17)6-7/h1-3,7H,4-6H2,(H,15,16,18). The summed E-state index contributed by atoms with van der Waals surface area (Å²) in [6.07, 6.45) is 1.63. The Hall–Kier alpha value is -2.04. The van der Waals surface area contributed by atoms with Gasteiger partial charge in [0.1, 0.15) is 22.8 Å². The molecule has 5 heteroatoms. The van der Waals surface area contributed by atoms with Gasteiger partial charge in [-0.1, -0.05) is 6.07 Å². The highest BCUT2D eigenvalue weighted by atomic mass is 19.1. The number of ketones is 1. The lowest BCUT2D eigenvalue weighted by atomic mass is 10.1. The van der Waals surface area contributed by atoms with Crippen LogP contribution in [0.25, 0.3) is 10.9 Å². The van der Waals surface area contributed by atoms with E-state index in [0.29, 0.717) is 30.6 Å². The van der Waals surface area contributed by atoms with E-state index in [4.69, 9.17) is 0 Å². The Labute approximate surface area is 102 Å². The van der Waals surface area contributed by atoms with Gasteiger partial charge >= 0.3 is 0 Å². The number of rotatable bonds is 1. The monoisotopic (exact) mass is 246 g/mol. The minimum Gasteiger partial charge on any atom is -0.310 e. The molecule has 1 aliphatic carbocycles. The fraction of sp³-hybridized carbons (Fsp3) is 0.308. The molecule has 1 aromatic carbocycles. The predicted molar refractivity (Wildman–Crippen MR) is 63.9 cm³/mol. The molecule has 1 aromatic heterocycles. The number of benzene rings is 1. The lowest BCUT2D eigenvalue weighted by Crippen LogP contribution is -2.15. The summed E-state index contributed by atoms with van der Waals surface area (Å²) in [6.45, 7) is 0. The van der Waals surface area contributed by atoms with Crippen LogP contribution in [0.5, 0.6) is 0 Å². The normalized spacial score (nSPS) is 19.6. The molecule has 1 saturated carbocycles. The molecule has 1 unspecified atom stereocenters. The van der Waals surface area contributed by atoms with Gasteiger partial charge in [-0.25, -0.2) is 9.37 Å². The highest BCUT2D eigenvalue weighted by Crippen LogP contribution is 2.29. The highest BCUT2D eigenvalue weighted by Gasteiger charge is 2.26. The lowest BCUT2D eigenvalue weighted by molar-refractivity contribution is -0.117. The first-order valence-electron chi connectivity index (χ1n) is 5.85. The van der Waals surface area contributed by atoms with E-state index in [1.807, 2.05) is 0 Å². The van der Waals surface area contributed by atoms with Crippen molar-refractivity contribution in [3.8, 4) is 0 Å². The molecule has 0 spiro atoms. The predicted octanol–water partition coefficient (Wildman–Crippen LogP) is 1.90. The Balaban J connectivity index is 2.16. The van der Waals surface area contributed by atoms with E-state index in [1.54, 1.807) is 6.07 Å². The number of nitrogens with one attached hydrogen (secondary N) is 1. The summed E-state index contributed by atoms with van der Waals surface area (Å²) in [7, 11) is 0. The Kier molecular flexibility index (Phi) is 2.47. The number of halogens is 1. The molecule has 4 nitrogen and oxygen atoms in total. The minimum atomic E-state index is -0.574. The van der Waals surface area contributed by atoms with Crippen LogP contribution in [-0.4, -0.2) is 15.8 Å². The molecule has 3 rings (SSSR count). The summed E-state index contributed by atoms with van der Waals surface area (Å²) in [5.74, 6) is 0.0547. The van der Waals surface area contributed by atoms with Gasteiger partial charge in [0.25, 0.3) is 5.56 Å². The maximum absolute atomic E-state index is 13.5. The second-order valence-corrected chi connectivity index (χ2v) is 4.56. The third-order valence-electron chi connectivity index (χ3n) is 3.33. The molecule has 0 amide bonds. The average molecular weight is 246 g/mol. The van der Waals surface area contributed by atoms with Crippen molar-refractivity contribution >= 4 is 16.7 Å². The number of Topliss-reactive ketones (excluding diaryl/α,β-unsaturated/α-hetero) is 1. The van der Waals surface area contributed by atoms with E-state index in [1.165, 1.54) is 12.1 Å². The van der Waals surface area contributed by atoms with Gasteiger partial charge in [0.2, 0.25) is 0 Å². The Morgan fingerprint density at radius 1 is 1.33 bits per heavy atom. The average Bonchev–Trinajstić information content (AvgIpc) is 2.75. The van der Waals surface area contributed by atoms with E-state index in [-0.39, 0.29) is 17.1 Å². The van der Waals surface area contributed by atoms with Crippen molar-refractivity contribution in [1.82, 2.24) is 9.97 Å². The number of H-pyrrole nitrogens is 1. The van der Waals surface area contributed by atoms with Crippen LogP contribution in [-0.2, 0) is 4.79 Å². The van der Waals surface area contributed by atoms with Gasteiger partial charge in [0, 0.05) is 18.8 Å². The van der Waals surface area contributed by atoms with Gasteiger partial charge in [-0.2, -0.15) is 0 Å². The number of carbonyl (C=O) groups excluding carboxylic acids is 1. The Morgan fingerprint density at radius 3 is 2.89 bits per heavy atom. The second kappa shape index (κ2) is 4.01. The molecule has 18 heavy (non-hydrogen) atoms. The molecule has 1 atom stereocenters. The van der Waals surface area contributed by atoms with Crippen LogP contribution in [0.15, 0.2) is 23.0 Å². The van der Waals surface area contributed by atoms with Crippen molar-refractivity contribution in [3.05, 3.63) is 40.2 Å². The van der Waals surface area contributed by atoms with Crippen LogP contribution in [0.2, 0.25) is 0 Å². The molecular weight excluding hydrogens is 235 g/mol. The van der Waals surface area contributed by atoms with Crippen molar-refractivity contribution < 1.29 is 9.18 Å². The maximum atomic E-state index is 13.5. The molecular formula is C13H11FN2O2. The largest absolute Gasteiger partial charge is 0.310 e. The molecule has 1 fully saturated rings.